The minimum Gasteiger partial charge on any atom is -0.497 e. The van der Waals surface area contributed by atoms with E-state index in [0.29, 0.717) is 0 Å². The van der Waals surface area contributed by atoms with Gasteiger partial charge in [-0.15, -0.1) is 6.58 Å². The molecule has 3 nitrogen and oxygen atoms in total. The third-order valence-electron chi connectivity index (χ3n) is 6.67. The van der Waals surface area contributed by atoms with Crippen molar-refractivity contribution in [1.82, 2.24) is 4.90 Å². The Morgan fingerprint density at radius 3 is 2.96 bits per heavy atom. The summed E-state index contributed by atoms with van der Waals surface area (Å²) in [7, 11) is 1.73. The van der Waals surface area contributed by atoms with Gasteiger partial charge in [-0.1, -0.05) is 25.0 Å². The summed E-state index contributed by atoms with van der Waals surface area (Å²) in [5.74, 6) is 0.915. The summed E-state index contributed by atoms with van der Waals surface area (Å²) in [6.07, 6.45) is 8.31. The van der Waals surface area contributed by atoms with Crippen molar-refractivity contribution in [3.05, 3.63) is 42.0 Å². The van der Waals surface area contributed by atoms with Gasteiger partial charge in [0.1, 0.15) is 5.75 Å². The van der Waals surface area contributed by atoms with E-state index in [1.807, 2.05) is 6.08 Å². The molecule has 1 saturated heterocycles. The highest BCUT2D eigenvalue weighted by Crippen LogP contribution is 2.58. The number of hydrogen-bond acceptors (Lipinski definition) is 3. The van der Waals surface area contributed by atoms with Crippen LogP contribution in [0.2, 0.25) is 0 Å². The molecule has 2 aliphatic carbocycles. The molecule has 2 bridgehead atoms. The highest BCUT2D eigenvalue weighted by atomic mass is 16.5. The molecule has 4 rings (SSSR count). The van der Waals surface area contributed by atoms with Crippen LogP contribution in [0.25, 0.3) is 0 Å². The van der Waals surface area contributed by atoms with Gasteiger partial charge in [-0.3, -0.25) is 4.90 Å². The molecule has 3 atom stereocenters. The van der Waals surface area contributed by atoms with E-state index in [4.69, 9.17) is 4.74 Å². The molecule has 1 aromatic rings. The van der Waals surface area contributed by atoms with Crippen molar-refractivity contribution in [2.75, 3.05) is 20.2 Å². The first-order valence-electron chi connectivity index (χ1n) is 8.89. The van der Waals surface area contributed by atoms with Crippen LogP contribution in [0.1, 0.15) is 43.2 Å². The number of rotatable bonds is 3. The van der Waals surface area contributed by atoms with E-state index in [1.165, 1.54) is 17.5 Å². The highest BCUT2D eigenvalue weighted by molar-refractivity contribution is 5.48. The van der Waals surface area contributed by atoms with Crippen LogP contribution in [0.3, 0.4) is 0 Å². The Hall–Kier alpha value is -1.32. The number of nitrogens with zero attached hydrogens (tertiary/aromatic N) is 1. The third kappa shape index (κ3) is 1.96. The zero-order chi connectivity index (χ0) is 16.1. The summed E-state index contributed by atoms with van der Waals surface area (Å²) >= 11 is 0. The largest absolute Gasteiger partial charge is 0.497 e. The van der Waals surface area contributed by atoms with Crippen LogP contribution < -0.4 is 4.74 Å². The summed E-state index contributed by atoms with van der Waals surface area (Å²) in [4.78, 5) is 2.45. The number of methoxy groups -OCH3 is 1. The molecule has 0 aromatic heterocycles. The SMILES string of the molecule is C=CCN1CC[C@]23CCCC[C@@]2(O)[C@H]1Cc1ccc(OC)cc13. The van der Waals surface area contributed by atoms with E-state index in [1.54, 1.807) is 7.11 Å². The number of fused-ring (bicyclic) bond motifs is 1. The second-order valence-corrected chi connectivity index (χ2v) is 7.49. The van der Waals surface area contributed by atoms with E-state index in [9.17, 15) is 5.11 Å². The standard InChI is InChI=1S/C20H27NO2/c1-3-11-21-12-10-19-8-4-5-9-20(19,22)18(21)13-15-6-7-16(23-2)14-17(15)19/h3,6-7,14,18,22H,1,4-5,8-13H2,2H3/t18-,19+,20-/m1/s1. The Balaban J connectivity index is 1.88. The van der Waals surface area contributed by atoms with Crippen molar-refractivity contribution in [2.45, 2.75) is 55.6 Å². The molecule has 124 valence electrons. The minimum atomic E-state index is -0.605. The van der Waals surface area contributed by atoms with Gasteiger partial charge in [0.25, 0.3) is 0 Å². The summed E-state index contributed by atoms with van der Waals surface area (Å²) in [5.41, 5.74) is 2.06. The molecule has 3 heteroatoms. The average molecular weight is 313 g/mol. The molecule has 1 N–H and O–H groups in total. The van der Waals surface area contributed by atoms with Crippen molar-refractivity contribution >= 4 is 0 Å². The lowest BCUT2D eigenvalue weighted by Gasteiger charge is -2.63. The zero-order valence-electron chi connectivity index (χ0n) is 14.1. The van der Waals surface area contributed by atoms with Gasteiger partial charge in [0.15, 0.2) is 0 Å². The number of benzene rings is 1. The van der Waals surface area contributed by atoms with Crippen LogP contribution in [-0.2, 0) is 11.8 Å². The fourth-order valence-corrected chi connectivity index (χ4v) is 5.60. The van der Waals surface area contributed by atoms with Crippen molar-refractivity contribution in [3.63, 3.8) is 0 Å². The lowest BCUT2D eigenvalue weighted by atomic mass is 9.49. The summed E-state index contributed by atoms with van der Waals surface area (Å²) in [5, 5.41) is 11.9. The molecule has 3 aliphatic rings. The number of ether oxygens (including phenoxy) is 1. The first-order chi connectivity index (χ1) is 11.1. The topological polar surface area (TPSA) is 32.7 Å². The normalized spacial score (nSPS) is 36.0. The fraction of sp³-hybridized carbons (Fsp3) is 0.600. The Bertz CT molecular complexity index is 628. The molecular weight excluding hydrogens is 286 g/mol. The molecule has 23 heavy (non-hydrogen) atoms. The molecule has 0 unspecified atom stereocenters. The van der Waals surface area contributed by atoms with Gasteiger partial charge in [-0.25, -0.2) is 0 Å². The Morgan fingerprint density at radius 2 is 2.17 bits per heavy atom. The average Bonchev–Trinajstić information content (AvgIpc) is 2.57. The van der Waals surface area contributed by atoms with E-state index >= 15 is 0 Å². The molecule has 1 aliphatic heterocycles. The number of aliphatic hydroxyl groups is 1. The summed E-state index contributed by atoms with van der Waals surface area (Å²) in [6, 6.07) is 6.70. The lowest BCUT2D eigenvalue weighted by molar-refractivity contribution is -0.163. The third-order valence-corrected chi connectivity index (χ3v) is 6.67. The van der Waals surface area contributed by atoms with Crippen LogP contribution in [0, 0.1) is 0 Å². The Morgan fingerprint density at radius 1 is 1.35 bits per heavy atom. The van der Waals surface area contributed by atoms with Crippen LogP contribution >= 0.6 is 0 Å². The number of piperidine rings is 1. The highest BCUT2D eigenvalue weighted by Gasteiger charge is 2.62. The van der Waals surface area contributed by atoms with Crippen LogP contribution in [-0.4, -0.2) is 41.8 Å². The maximum Gasteiger partial charge on any atom is 0.119 e. The molecule has 2 fully saturated rings. The van der Waals surface area contributed by atoms with E-state index in [2.05, 4.69) is 29.7 Å². The van der Waals surface area contributed by atoms with Crippen molar-refractivity contribution in [3.8, 4) is 5.75 Å². The van der Waals surface area contributed by atoms with Gasteiger partial charge < -0.3 is 9.84 Å². The maximum atomic E-state index is 11.9. The van der Waals surface area contributed by atoms with Gasteiger partial charge >= 0.3 is 0 Å². The monoisotopic (exact) mass is 313 g/mol. The molecule has 1 saturated carbocycles. The summed E-state index contributed by atoms with van der Waals surface area (Å²) in [6.45, 7) is 5.83. The van der Waals surface area contributed by atoms with E-state index in [-0.39, 0.29) is 11.5 Å². The van der Waals surface area contributed by atoms with E-state index < -0.39 is 5.60 Å². The predicted molar refractivity (Wildman–Crippen MR) is 92.0 cm³/mol. The predicted octanol–water partition coefficient (Wildman–Crippen LogP) is 3.05. The van der Waals surface area contributed by atoms with Crippen LogP contribution in [0.4, 0.5) is 0 Å². The fourth-order valence-electron chi connectivity index (χ4n) is 5.60. The summed E-state index contributed by atoms with van der Waals surface area (Å²) < 4.78 is 5.48. The van der Waals surface area contributed by atoms with Crippen molar-refractivity contribution in [1.29, 1.82) is 0 Å². The van der Waals surface area contributed by atoms with Crippen LogP contribution in [0.5, 0.6) is 5.75 Å². The molecule has 0 radical (unpaired) electrons. The molecule has 1 heterocycles. The van der Waals surface area contributed by atoms with Crippen molar-refractivity contribution in [2.24, 2.45) is 0 Å². The number of hydrogen-bond donors (Lipinski definition) is 1. The van der Waals surface area contributed by atoms with Gasteiger partial charge in [0.2, 0.25) is 0 Å². The molecular formula is C20H27NO2. The Labute approximate surface area is 139 Å². The first kappa shape index (κ1) is 15.2. The van der Waals surface area contributed by atoms with Gasteiger partial charge in [0.05, 0.1) is 12.7 Å². The first-order valence-corrected chi connectivity index (χ1v) is 8.89. The van der Waals surface area contributed by atoms with E-state index in [0.717, 1.165) is 50.9 Å². The second kappa shape index (κ2) is 5.35. The minimum absolute atomic E-state index is 0.0876. The molecule has 1 aromatic carbocycles. The Kier molecular flexibility index (Phi) is 3.54. The van der Waals surface area contributed by atoms with Gasteiger partial charge in [-0.2, -0.15) is 0 Å². The number of likely N-dealkylation sites (tertiary alicyclic amines) is 1. The lowest BCUT2D eigenvalue weighted by Crippen LogP contribution is -2.72. The molecule has 0 amide bonds. The maximum absolute atomic E-state index is 11.9. The van der Waals surface area contributed by atoms with Crippen molar-refractivity contribution < 1.29 is 9.84 Å². The second-order valence-electron chi connectivity index (χ2n) is 7.49. The van der Waals surface area contributed by atoms with Crippen LogP contribution in [0.15, 0.2) is 30.9 Å². The van der Waals surface area contributed by atoms with Gasteiger partial charge in [0, 0.05) is 18.0 Å². The quantitative estimate of drug-likeness (QED) is 0.871. The van der Waals surface area contributed by atoms with Gasteiger partial charge in [-0.05, 0) is 55.5 Å². The molecule has 0 spiro atoms. The smallest absolute Gasteiger partial charge is 0.119 e. The zero-order valence-corrected chi connectivity index (χ0v) is 14.1.